The third-order valence-electron chi connectivity index (χ3n) is 2.89. The summed E-state index contributed by atoms with van der Waals surface area (Å²) in [4.78, 5) is 0. The van der Waals surface area contributed by atoms with Crippen molar-refractivity contribution in [1.82, 2.24) is 15.1 Å². The maximum Gasteiger partial charge on any atom is 0.0553 e. The molecule has 1 unspecified atom stereocenters. The quantitative estimate of drug-likeness (QED) is 0.770. The zero-order valence-electron chi connectivity index (χ0n) is 11.0. The van der Waals surface area contributed by atoms with Crippen molar-refractivity contribution in [2.24, 2.45) is 5.92 Å². The van der Waals surface area contributed by atoms with Gasteiger partial charge in [-0.3, -0.25) is 4.68 Å². The molecule has 1 N–H and O–H groups in total. The van der Waals surface area contributed by atoms with E-state index in [1.807, 2.05) is 6.20 Å². The minimum absolute atomic E-state index is 0.454. The third kappa shape index (κ3) is 3.63. The first kappa shape index (κ1) is 13.2. The first-order chi connectivity index (χ1) is 7.69. The number of aryl methyl sites for hydroxylation is 1. The van der Waals surface area contributed by atoms with E-state index in [9.17, 15) is 0 Å². The molecule has 16 heavy (non-hydrogen) atoms. The van der Waals surface area contributed by atoms with Gasteiger partial charge in [-0.25, -0.2) is 0 Å². The summed E-state index contributed by atoms with van der Waals surface area (Å²) in [6.07, 6.45) is 4.35. The van der Waals surface area contributed by atoms with Crippen LogP contribution in [0.25, 0.3) is 0 Å². The minimum Gasteiger partial charge on any atom is -0.309 e. The second-order valence-electron chi connectivity index (χ2n) is 4.65. The summed E-state index contributed by atoms with van der Waals surface area (Å²) in [6, 6.07) is 2.59. The SMILES string of the molecule is CCNC(CCC(C)C)c1ccnn1CC. The van der Waals surface area contributed by atoms with Crippen LogP contribution in [0.3, 0.4) is 0 Å². The van der Waals surface area contributed by atoms with E-state index in [1.54, 1.807) is 0 Å². The standard InChI is InChI=1S/C13H25N3/c1-5-14-12(8-7-11(3)4)13-9-10-15-16(13)6-2/h9-12,14H,5-8H2,1-4H3. The average Bonchev–Trinajstić information content (AvgIpc) is 2.71. The van der Waals surface area contributed by atoms with Gasteiger partial charge in [-0.15, -0.1) is 0 Å². The van der Waals surface area contributed by atoms with Gasteiger partial charge in [0.25, 0.3) is 0 Å². The molecular weight excluding hydrogens is 198 g/mol. The first-order valence-electron chi connectivity index (χ1n) is 6.44. The van der Waals surface area contributed by atoms with Gasteiger partial charge in [0, 0.05) is 18.8 Å². The fourth-order valence-electron chi connectivity index (χ4n) is 2.00. The summed E-state index contributed by atoms with van der Waals surface area (Å²) in [5, 5.41) is 7.90. The molecule has 0 aliphatic carbocycles. The summed E-state index contributed by atoms with van der Waals surface area (Å²) < 4.78 is 2.09. The van der Waals surface area contributed by atoms with Crippen LogP contribution in [0.2, 0.25) is 0 Å². The van der Waals surface area contributed by atoms with Crippen LogP contribution in [0, 0.1) is 5.92 Å². The van der Waals surface area contributed by atoms with E-state index in [4.69, 9.17) is 0 Å². The van der Waals surface area contributed by atoms with E-state index in [1.165, 1.54) is 18.5 Å². The van der Waals surface area contributed by atoms with E-state index < -0.39 is 0 Å². The Hall–Kier alpha value is -0.830. The summed E-state index contributed by atoms with van der Waals surface area (Å²) in [5.41, 5.74) is 1.32. The smallest absolute Gasteiger partial charge is 0.0553 e. The molecule has 0 aliphatic rings. The predicted octanol–water partition coefficient (Wildman–Crippen LogP) is 2.99. The van der Waals surface area contributed by atoms with Crippen LogP contribution in [-0.4, -0.2) is 16.3 Å². The lowest BCUT2D eigenvalue weighted by molar-refractivity contribution is 0.422. The molecule has 1 heterocycles. The fourth-order valence-corrected chi connectivity index (χ4v) is 2.00. The molecule has 0 spiro atoms. The van der Waals surface area contributed by atoms with Gasteiger partial charge in [0.2, 0.25) is 0 Å². The van der Waals surface area contributed by atoms with Crippen LogP contribution in [0.5, 0.6) is 0 Å². The molecule has 1 aromatic heterocycles. The topological polar surface area (TPSA) is 29.9 Å². The molecule has 1 atom stereocenters. The Morgan fingerprint density at radius 3 is 2.62 bits per heavy atom. The number of nitrogens with zero attached hydrogens (tertiary/aromatic N) is 2. The highest BCUT2D eigenvalue weighted by molar-refractivity contribution is 5.07. The zero-order chi connectivity index (χ0) is 12.0. The number of rotatable bonds is 7. The van der Waals surface area contributed by atoms with Crippen LogP contribution < -0.4 is 5.32 Å². The van der Waals surface area contributed by atoms with Gasteiger partial charge in [0.05, 0.1) is 5.69 Å². The molecule has 0 aromatic carbocycles. The molecule has 0 saturated heterocycles. The van der Waals surface area contributed by atoms with Crippen LogP contribution in [0.15, 0.2) is 12.3 Å². The second-order valence-corrected chi connectivity index (χ2v) is 4.65. The molecule has 92 valence electrons. The summed E-state index contributed by atoms with van der Waals surface area (Å²) in [7, 11) is 0. The zero-order valence-corrected chi connectivity index (χ0v) is 11.0. The molecule has 0 fully saturated rings. The Morgan fingerprint density at radius 2 is 2.06 bits per heavy atom. The van der Waals surface area contributed by atoms with Crippen molar-refractivity contribution < 1.29 is 0 Å². The molecule has 0 saturated carbocycles. The average molecular weight is 223 g/mol. The first-order valence-corrected chi connectivity index (χ1v) is 6.44. The van der Waals surface area contributed by atoms with Gasteiger partial charge in [-0.2, -0.15) is 5.10 Å². The van der Waals surface area contributed by atoms with E-state index in [-0.39, 0.29) is 0 Å². The van der Waals surface area contributed by atoms with E-state index in [2.05, 4.69) is 48.9 Å². The lowest BCUT2D eigenvalue weighted by Crippen LogP contribution is -2.24. The number of aromatic nitrogens is 2. The lowest BCUT2D eigenvalue weighted by atomic mass is 10.0. The van der Waals surface area contributed by atoms with Crippen molar-refractivity contribution in [1.29, 1.82) is 0 Å². The van der Waals surface area contributed by atoms with Gasteiger partial charge < -0.3 is 5.32 Å². The van der Waals surface area contributed by atoms with Crippen LogP contribution in [0.1, 0.15) is 52.3 Å². The van der Waals surface area contributed by atoms with Gasteiger partial charge >= 0.3 is 0 Å². The number of hydrogen-bond donors (Lipinski definition) is 1. The maximum absolute atomic E-state index is 4.34. The van der Waals surface area contributed by atoms with Crippen molar-refractivity contribution in [2.75, 3.05) is 6.54 Å². The highest BCUT2D eigenvalue weighted by Gasteiger charge is 2.14. The van der Waals surface area contributed by atoms with E-state index in [0.717, 1.165) is 19.0 Å². The lowest BCUT2D eigenvalue weighted by Gasteiger charge is -2.20. The fraction of sp³-hybridized carbons (Fsp3) is 0.769. The Kier molecular flexibility index (Phi) is 5.53. The molecule has 0 aliphatic heterocycles. The Bertz CT molecular complexity index is 291. The highest BCUT2D eigenvalue weighted by atomic mass is 15.3. The summed E-state index contributed by atoms with van der Waals surface area (Å²) >= 11 is 0. The van der Waals surface area contributed by atoms with Gasteiger partial charge in [0.15, 0.2) is 0 Å². The van der Waals surface area contributed by atoms with Crippen LogP contribution in [0.4, 0.5) is 0 Å². The molecule has 0 radical (unpaired) electrons. The molecule has 0 bridgehead atoms. The van der Waals surface area contributed by atoms with Crippen molar-refractivity contribution in [3.63, 3.8) is 0 Å². The highest BCUT2D eigenvalue weighted by Crippen LogP contribution is 2.20. The molecule has 1 aromatic rings. The number of nitrogens with one attached hydrogen (secondary N) is 1. The monoisotopic (exact) mass is 223 g/mol. The van der Waals surface area contributed by atoms with Gasteiger partial charge in [-0.1, -0.05) is 20.8 Å². The maximum atomic E-state index is 4.34. The van der Waals surface area contributed by atoms with Crippen molar-refractivity contribution in [2.45, 2.75) is 53.1 Å². The van der Waals surface area contributed by atoms with Crippen LogP contribution in [-0.2, 0) is 6.54 Å². The third-order valence-corrected chi connectivity index (χ3v) is 2.89. The predicted molar refractivity (Wildman–Crippen MR) is 68.4 cm³/mol. The Morgan fingerprint density at radius 1 is 1.31 bits per heavy atom. The molecule has 0 amide bonds. The molecule has 1 rings (SSSR count). The molecule has 3 heteroatoms. The van der Waals surface area contributed by atoms with Crippen molar-refractivity contribution in [3.8, 4) is 0 Å². The Balaban J connectivity index is 2.68. The second kappa shape index (κ2) is 6.69. The molecular formula is C13H25N3. The van der Waals surface area contributed by atoms with Gasteiger partial charge in [-0.05, 0) is 38.3 Å². The largest absolute Gasteiger partial charge is 0.309 e. The summed E-state index contributed by atoms with van der Waals surface area (Å²) in [5.74, 6) is 0.763. The normalized spacial score (nSPS) is 13.3. The minimum atomic E-state index is 0.454. The van der Waals surface area contributed by atoms with Crippen LogP contribution >= 0.6 is 0 Å². The van der Waals surface area contributed by atoms with E-state index >= 15 is 0 Å². The van der Waals surface area contributed by atoms with Gasteiger partial charge in [0.1, 0.15) is 0 Å². The van der Waals surface area contributed by atoms with Crippen molar-refractivity contribution in [3.05, 3.63) is 18.0 Å². The van der Waals surface area contributed by atoms with E-state index in [0.29, 0.717) is 6.04 Å². The molecule has 3 nitrogen and oxygen atoms in total. The van der Waals surface area contributed by atoms with Crippen molar-refractivity contribution >= 4 is 0 Å². The Labute approximate surface area is 99.2 Å². The summed E-state index contributed by atoms with van der Waals surface area (Å²) in [6.45, 7) is 10.8. The number of hydrogen-bond acceptors (Lipinski definition) is 2.